The highest BCUT2D eigenvalue weighted by Gasteiger charge is 2.22. The van der Waals surface area contributed by atoms with Crippen molar-refractivity contribution in [3.8, 4) is 11.4 Å². The largest absolute Gasteiger partial charge is 0.368 e. The molecule has 2 aromatic carbocycles. The van der Waals surface area contributed by atoms with E-state index in [2.05, 4.69) is 15.0 Å². The number of carbonyl (C=O) groups is 1. The molecule has 0 N–H and O–H groups in total. The fourth-order valence-corrected chi connectivity index (χ4v) is 3.21. The quantitative estimate of drug-likeness (QED) is 0.713. The lowest BCUT2D eigenvalue weighted by Crippen LogP contribution is -2.48. The Hall–Kier alpha value is -3.22. The first-order valence-corrected chi connectivity index (χ1v) is 8.81. The second kappa shape index (κ2) is 7.19. The van der Waals surface area contributed by atoms with Gasteiger partial charge in [-0.15, -0.1) is 0 Å². The molecule has 0 bridgehead atoms. The number of hydrogen-bond donors (Lipinski definition) is 0. The number of rotatable bonds is 3. The minimum absolute atomic E-state index is 0.128. The number of nitrogens with zero attached hydrogens (tertiary/aromatic N) is 4. The molecule has 0 unspecified atom stereocenters. The molecule has 0 spiro atoms. The Morgan fingerprint density at radius 2 is 1.81 bits per heavy atom. The van der Waals surface area contributed by atoms with Crippen molar-refractivity contribution < 1.29 is 13.7 Å². The summed E-state index contributed by atoms with van der Waals surface area (Å²) >= 11 is 0. The first kappa shape index (κ1) is 17.2. The summed E-state index contributed by atoms with van der Waals surface area (Å²) in [6.07, 6.45) is 0. The average Bonchev–Trinajstić information content (AvgIpc) is 3.14. The number of carbonyl (C=O) groups excluding carboxylic acids is 1. The highest BCUT2D eigenvalue weighted by Crippen LogP contribution is 2.22. The van der Waals surface area contributed by atoms with E-state index in [1.165, 1.54) is 12.1 Å². The van der Waals surface area contributed by atoms with Crippen molar-refractivity contribution >= 4 is 11.6 Å². The van der Waals surface area contributed by atoms with Gasteiger partial charge in [-0.25, -0.2) is 4.39 Å². The van der Waals surface area contributed by atoms with Crippen LogP contribution in [0.2, 0.25) is 0 Å². The SMILES string of the molecule is Cc1nc(-c2ccc(N3CCN(C(=O)c4cccc(F)c4)CC3)cc2)no1. The van der Waals surface area contributed by atoms with Crippen LogP contribution in [0.15, 0.2) is 53.1 Å². The fraction of sp³-hybridized carbons (Fsp3) is 0.250. The van der Waals surface area contributed by atoms with Crippen molar-refractivity contribution in [3.05, 3.63) is 65.8 Å². The van der Waals surface area contributed by atoms with Gasteiger partial charge >= 0.3 is 0 Å². The predicted octanol–water partition coefficient (Wildman–Crippen LogP) is 3.15. The maximum Gasteiger partial charge on any atom is 0.254 e. The van der Waals surface area contributed by atoms with Gasteiger partial charge in [0.05, 0.1) is 0 Å². The van der Waals surface area contributed by atoms with E-state index in [0.29, 0.717) is 30.4 Å². The number of benzene rings is 2. The van der Waals surface area contributed by atoms with Crippen LogP contribution >= 0.6 is 0 Å². The maximum absolute atomic E-state index is 13.3. The van der Waals surface area contributed by atoms with Gasteiger partial charge in [-0.2, -0.15) is 4.98 Å². The van der Waals surface area contributed by atoms with Gasteiger partial charge in [0.25, 0.3) is 5.91 Å². The van der Waals surface area contributed by atoms with E-state index < -0.39 is 5.82 Å². The smallest absolute Gasteiger partial charge is 0.254 e. The number of amides is 1. The van der Waals surface area contributed by atoms with E-state index >= 15 is 0 Å². The van der Waals surface area contributed by atoms with Gasteiger partial charge in [-0.05, 0) is 42.5 Å². The molecule has 1 fully saturated rings. The van der Waals surface area contributed by atoms with Gasteiger partial charge in [0.1, 0.15) is 5.82 Å². The Labute approximate surface area is 156 Å². The van der Waals surface area contributed by atoms with Crippen LogP contribution in [-0.4, -0.2) is 47.1 Å². The summed E-state index contributed by atoms with van der Waals surface area (Å²) in [7, 11) is 0. The number of hydrogen-bond acceptors (Lipinski definition) is 5. The molecule has 1 saturated heterocycles. The molecule has 27 heavy (non-hydrogen) atoms. The van der Waals surface area contributed by atoms with Gasteiger partial charge in [0.15, 0.2) is 0 Å². The highest BCUT2D eigenvalue weighted by molar-refractivity contribution is 5.94. The zero-order chi connectivity index (χ0) is 18.8. The standard InChI is InChI=1S/C20H19FN4O2/c1-14-22-19(23-27-14)15-5-7-18(8-6-15)24-9-11-25(12-10-24)20(26)16-3-2-4-17(21)13-16/h2-8,13H,9-12H2,1H3. The summed E-state index contributed by atoms with van der Waals surface area (Å²) in [6.45, 7) is 4.40. The number of halogens is 1. The van der Waals surface area contributed by atoms with Gasteiger partial charge in [0.2, 0.25) is 11.7 Å². The van der Waals surface area contributed by atoms with Crippen LogP contribution in [0.5, 0.6) is 0 Å². The van der Waals surface area contributed by atoms with E-state index in [-0.39, 0.29) is 5.91 Å². The first-order chi connectivity index (χ1) is 13.1. The summed E-state index contributed by atoms with van der Waals surface area (Å²) in [5.74, 6) is 0.589. The lowest BCUT2D eigenvalue weighted by Gasteiger charge is -2.36. The van der Waals surface area contributed by atoms with E-state index in [9.17, 15) is 9.18 Å². The lowest BCUT2D eigenvalue weighted by molar-refractivity contribution is 0.0746. The van der Waals surface area contributed by atoms with Gasteiger partial charge in [-0.3, -0.25) is 4.79 Å². The molecule has 138 valence electrons. The molecule has 0 saturated carbocycles. The van der Waals surface area contributed by atoms with Crippen molar-refractivity contribution in [3.63, 3.8) is 0 Å². The third kappa shape index (κ3) is 3.67. The van der Waals surface area contributed by atoms with Crippen LogP contribution in [0, 0.1) is 12.7 Å². The third-order valence-electron chi connectivity index (χ3n) is 4.66. The lowest BCUT2D eigenvalue weighted by atomic mass is 10.1. The molecule has 1 aromatic heterocycles. The molecule has 7 heteroatoms. The van der Waals surface area contributed by atoms with Crippen LogP contribution in [0.3, 0.4) is 0 Å². The summed E-state index contributed by atoms with van der Waals surface area (Å²) in [5.41, 5.74) is 2.37. The summed E-state index contributed by atoms with van der Waals surface area (Å²) in [4.78, 5) is 20.7. The monoisotopic (exact) mass is 366 g/mol. The molecule has 0 radical (unpaired) electrons. The maximum atomic E-state index is 13.3. The van der Waals surface area contributed by atoms with Crippen molar-refractivity contribution in [1.29, 1.82) is 0 Å². The molecule has 1 aliphatic rings. The van der Waals surface area contributed by atoms with Crippen LogP contribution in [0.25, 0.3) is 11.4 Å². The molecule has 1 amide bonds. The van der Waals surface area contributed by atoms with Gasteiger partial charge in [0, 0.05) is 49.9 Å². The Balaban J connectivity index is 1.39. The van der Waals surface area contributed by atoms with Gasteiger partial charge in [-0.1, -0.05) is 11.2 Å². The van der Waals surface area contributed by atoms with Crippen molar-refractivity contribution in [2.24, 2.45) is 0 Å². The molecule has 0 atom stereocenters. The van der Waals surface area contributed by atoms with E-state index in [1.54, 1.807) is 24.0 Å². The second-order valence-electron chi connectivity index (χ2n) is 6.47. The third-order valence-corrected chi connectivity index (χ3v) is 4.66. The van der Waals surface area contributed by atoms with Crippen LogP contribution < -0.4 is 4.90 Å². The fourth-order valence-electron chi connectivity index (χ4n) is 3.21. The predicted molar refractivity (Wildman–Crippen MR) is 99.0 cm³/mol. The van der Waals surface area contributed by atoms with Gasteiger partial charge < -0.3 is 14.3 Å². The van der Waals surface area contributed by atoms with Crippen LogP contribution in [-0.2, 0) is 0 Å². The molecule has 0 aliphatic carbocycles. The van der Waals surface area contributed by atoms with E-state index in [0.717, 1.165) is 24.3 Å². The van der Waals surface area contributed by atoms with Crippen LogP contribution in [0.1, 0.15) is 16.2 Å². The Kier molecular flexibility index (Phi) is 4.58. The zero-order valence-electron chi connectivity index (χ0n) is 14.9. The average molecular weight is 366 g/mol. The minimum atomic E-state index is -0.392. The summed E-state index contributed by atoms with van der Waals surface area (Å²) in [5, 5.41) is 3.92. The second-order valence-corrected chi connectivity index (χ2v) is 6.47. The molecular formula is C20H19FN4O2. The molecule has 2 heterocycles. The first-order valence-electron chi connectivity index (χ1n) is 8.81. The molecule has 6 nitrogen and oxygen atoms in total. The zero-order valence-corrected chi connectivity index (χ0v) is 14.9. The number of anilines is 1. The normalized spacial score (nSPS) is 14.4. The summed E-state index contributed by atoms with van der Waals surface area (Å²) in [6, 6.07) is 13.8. The molecule has 3 aromatic rings. The number of aromatic nitrogens is 2. The molecular weight excluding hydrogens is 347 g/mol. The van der Waals surface area contributed by atoms with E-state index in [4.69, 9.17) is 4.52 Å². The van der Waals surface area contributed by atoms with Crippen LogP contribution in [0.4, 0.5) is 10.1 Å². The highest BCUT2D eigenvalue weighted by atomic mass is 19.1. The Morgan fingerprint density at radius 3 is 2.44 bits per heavy atom. The molecule has 4 rings (SSSR count). The number of aryl methyl sites for hydroxylation is 1. The van der Waals surface area contributed by atoms with E-state index in [1.807, 2.05) is 24.3 Å². The minimum Gasteiger partial charge on any atom is -0.368 e. The summed E-state index contributed by atoms with van der Waals surface area (Å²) < 4.78 is 18.4. The van der Waals surface area contributed by atoms with Crippen molar-refractivity contribution in [2.75, 3.05) is 31.1 Å². The molecule has 1 aliphatic heterocycles. The number of piperazine rings is 1. The topological polar surface area (TPSA) is 62.5 Å². The Morgan fingerprint density at radius 1 is 1.07 bits per heavy atom. The van der Waals surface area contributed by atoms with Crippen molar-refractivity contribution in [2.45, 2.75) is 6.92 Å². The Bertz CT molecular complexity index is 947. The van der Waals surface area contributed by atoms with Crippen molar-refractivity contribution in [1.82, 2.24) is 15.0 Å².